The Hall–Kier alpha value is -1.74. The summed E-state index contributed by atoms with van der Waals surface area (Å²) in [5, 5.41) is 10.8. The summed E-state index contributed by atoms with van der Waals surface area (Å²) >= 11 is 6.05. The summed E-state index contributed by atoms with van der Waals surface area (Å²) in [5.41, 5.74) is 7.59. The number of carbonyl (C=O) groups is 2. The van der Waals surface area contributed by atoms with Crippen LogP contribution in [0.25, 0.3) is 0 Å². The van der Waals surface area contributed by atoms with Crippen LogP contribution in [-0.2, 0) is 17.9 Å². The van der Waals surface area contributed by atoms with E-state index in [0.717, 1.165) is 24.5 Å². The van der Waals surface area contributed by atoms with E-state index in [1.807, 2.05) is 6.92 Å². The van der Waals surface area contributed by atoms with Gasteiger partial charge in [-0.1, -0.05) is 11.6 Å². The summed E-state index contributed by atoms with van der Waals surface area (Å²) in [6.07, 6.45) is -5.08. The van der Waals surface area contributed by atoms with Gasteiger partial charge in [0.2, 0.25) is 0 Å². The van der Waals surface area contributed by atoms with Crippen molar-refractivity contribution in [3.63, 3.8) is 0 Å². The highest BCUT2D eigenvalue weighted by molar-refractivity contribution is 6.34. The number of carboxylic acid groups (broad SMARTS) is 1. The van der Waals surface area contributed by atoms with Crippen molar-refractivity contribution in [2.24, 2.45) is 5.73 Å². The van der Waals surface area contributed by atoms with Crippen LogP contribution < -0.4 is 11.1 Å². The van der Waals surface area contributed by atoms with Crippen LogP contribution in [0.5, 0.6) is 0 Å². The van der Waals surface area contributed by atoms with E-state index in [1.54, 1.807) is 0 Å². The van der Waals surface area contributed by atoms with Gasteiger partial charge in [-0.05, 0) is 6.92 Å². The smallest absolute Gasteiger partial charge is 0.475 e. The molecule has 0 atom stereocenters. The van der Waals surface area contributed by atoms with Gasteiger partial charge in [0, 0.05) is 31.0 Å². The van der Waals surface area contributed by atoms with Gasteiger partial charge < -0.3 is 20.7 Å². The summed E-state index contributed by atoms with van der Waals surface area (Å²) in [6.45, 7) is 4.31. The molecule has 0 bridgehead atoms. The van der Waals surface area contributed by atoms with Crippen LogP contribution in [0.15, 0.2) is 0 Å². The van der Waals surface area contributed by atoms with Crippen LogP contribution in [-0.4, -0.2) is 34.3 Å². The zero-order valence-electron chi connectivity index (χ0n) is 10.9. The van der Waals surface area contributed by atoms with E-state index >= 15 is 0 Å². The maximum atomic E-state index is 11.2. The molecule has 0 saturated heterocycles. The minimum Gasteiger partial charge on any atom is -0.475 e. The predicted molar refractivity (Wildman–Crippen MR) is 68.1 cm³/mol. The first-order valence-electron chi connectivity index (χ1n) is 5.75. The number of nitrogens with one attached hydrogen (secondary N) is 1. The second-order valence-corrected chi connectivity index (χ2v) is 4.59. The predicted octanol–water partition coefficient (Wildman–Crippen LogP) is 1.29. The topological polar surface area (TPSA) is 97.4 Å². The Morgan fingerprint density at radius 3 is 2.38 bits per heavy atom. The molecule has 6 nitrogen and oxygen atoms in total. The lowest BCUT2D eigenvalue weighted by Gasteiger charge is -2.18. The Labute approximate surface area is 122 Å². The molecule has 1 aromatic heterocycles. The first-order chi connectivity index (χ1) is 9.57. The van der Waals surface area contributed by atoms with E-state index in [9.17, 15) is 18.0 Å². The van der Waals surface area contributed by atoms with Crippen LogP contribution in [0.1, 0.15) is 21.7 Å². The fourth-order valence-corrected chi connectivity index (χ4v) is 2.20. The van der Waals surface area contributed by atoms with Crippen LogP contribution in [0.3, 0.4) is 0 Å². The number of rotatable bonds is 1. The molecule has 0 unspecified atom stereocenters. The van der Waals surface area contributed by atoms with Crippen LogP contribution in [0.2, 0.25) is 5.02 Å². The number of hydrogen-bond acceptors (Lipinski definition) is 3. The number of carboxylic acids is 1. The van der Waals surface area contributed by atoms with Crippen molar-refractivity contribution in [2.45, 2.75) is 26.2 Å². The molecule has 1 aliphatic heterocycles. The van der Waals surface area contributed by atoms with Gasteiger partial charge in [0.05, 0.1) is 10.6 Å². The van der Waals surface area contributed by atoms with Crippen molar-refractivity contribution in [1.29, 1.82) is 0 Å². The number of carbonyl (C=O) groups excluding carboxylic acids is 1. The third-order valence-electron chi connectivity index (χ3n) is 2.85. The van der Waals surface area contributed by atoms with E-state index < -0.39 is 18.1 Å². The number of halogens is 4. The highest BCUT2D eigenvalue weighted by Gasteiger charge is 2.38. The fourth-order valence-electron chi connectivity index (χ4n) is 1.90. The molecule has 10 heteroatoms. The number of aromatic nitrogens is 1. The molecule has 0 aliphatic carbocycles. The molecule has 1 amide bonds. The minimum absolute atomic E-state index is 0.449. The second kappa shape index (κ2) is 6.35. The maximum absolute atomic E-state index is 11.2. The lowest BCUT2D eigenvalue weighted by atomic mass is 10.2. The van der Waals surface area contributed by atoms with E-state index in [0.29, 0.717) is 17.1 Å². The number of nitrogens with two attached hydrogens (primary N) is 1. The largest absolute Gasteiger partial charge is 0.490 e. The Morgan fingerprint density at radius 1 is 1.43 bits per heavy atom. The van der Waals surface area contributed by atoms with Gasteiger partial charge in [-0.2, -0.15) is 13.2 Å². The summed E-state index contributed by atoms with van der Waals surface area (Å²) < 4.78 is 33.8. The van der Waals surface area contributed by atoms with Crippen LogP contribution in [0, 0.1) is 6.92 Å². The normalized spacial score (nSPS) is 14.0. The number of primary amides is 1. The summed E-state index contributed by atoms with van der Waals surface area (Å²) in [7, 11) is 0. The maximum Gasteiger partial charge on any atom is 0.490 e. The van der Waals surface area contributed by atoms with Gasteiger partial charge in [-0.15, -0.1) is 0 Å². The number of hydrogen-bond donors (Lipinski definition) is 3. The van der Waals surface area contributed by atoms with Crippen molar-refractivity contribution in [1.82, 2.24) is 9.88 Å². The molecular weight excluding hydrogens is 315 g/mol. The second-order valence-electron chi connectivity index (χ2n) is 4.22. The van der Waals surface area contributed by atoms with E-state index in [2.05, 4.69) is 9.88 Å². The molecular formula is C11H13ClF3N3O3. The number of amides is 1. The molecule has 1 aliphatic rings. The first kappa shape index (κ1) is 17.3. The molecule has 118 valence electrons. The first-order valence-corrected chi connectivity index (χ1v) is 6.13. The number of aliphatic carboxylic acids is 1. The number of alkyl halides is 3. The van der Waals surface area contributed by atoms with Gasteiger partial charge in [0.25, 0.3) is 5.91 Å². The SMILES string of the molecule is Cc1c(Cl)c(C(N)=O)c2n1CCNC2.O=C(O)C(F)(F)F. The van der Waals surface area contributed by atoms with Gasteiger partial charge >= 0.3 is 12.1 Å². The van der Waals surface area contributed by atoms with E-state index in [1.165, 1.54) is 0 Å². The Kier molecular flexibility index (Phi) is 5.24. The third kappa shape index (κ3) is 3.88. The van der Waals surface area contributed by atoms with Crippen molar-refractivity contribution >= 4 is 23.5 Å². The van der Waals surface area contributed by atoms with Gasteiger partial charge in [0.1, 0.15) is 0 Å². The fraction of sp³-hybridized carbons (Fsp3) is 0.455. The molecule has 21 heavy (non-hydrogen) atoms. The molecule has 4 N–H and O–H groups in total. The average Bonchev–Trinajstić information content (AvgIpc) is 2.62. The Balaban J connectivity index is 0.000000270. The summed E-state index contributed by atoms with van der Waals surface area (Å²) in [4.78, 5) is 20.1. The number of nitrogens with zero attached hydrogens (tertiary/aromatic N) is 1. The lowest BCUT2D eigenvalue weighted by molar-refractivity contribution is -0.192. The van der Waals surface area contributed by atoms with Crippen molar-refractivity contribution < 1.29 is 27.9 Å². The van der Waals surface area contributed by atoms with Crippen molar-refractivity contribution in [3.8, 4) is 0 Å². The molecule has 2 heterocycles. The highest BCUT2D eigenvalue weighted by atomic mass is 35.5. The van der Waals surface area contributed by atoms with Crippen LogP contribution >= 0.6 is 11.6 Å². The third-order valence-corrected chi connectivity index (χ3v) is 3.31. The van der Waals surface area contributed by atoms with Crippen molar-refractivity contribution in [2.75, 3.05) is 6.54 Å². The molecule has 1 aromatic rings. The van der Waals surface area contributed by atoms with Crippen molar-refractivity contribution in [3.05, 3.63) is 22.0 Å². The Bertz CT molecular complexity index is 569. The molecule has 2 rings (SSSR count). The average molecular weight is 328 g/mol. The zero-order valence-corrected chi connectivity index (χ0v) is 11.7. The molecule has 0 radical (unpaired) electrons. The van der Waals surface area contributed by atoms with Gasteiger partial charge in [-0.25, -0.2) is 4.79 Å². The molecule has 0 spiro atoms. The summed E-state index contributed by atoms with van der Waals surface area (Å²) in [6, 6.07) is 0. The number of fused-ring (bicyclic) bond motifs is 1. The van der Waals surface area contributed by atoms with E-state index in [4.69, 9.17) is 27.2 Å². The molecule has 0 fully saturated rings. The summed E-state index contributed by atoms with van der Waals surface area (Å²) in [5.74, 6) is -3.21. The lowest BCUT2D eigenvalue weighted by Crippen LogP contribution is -2.30. The standard InChI is InChI=1S/C9H12ClN3O.C2HF3O2/c1-5-8(10)7(9(11)14)6-4-12-2-3-13(5)6;3-2(4,5)1(6)7/h12H,2-4H2,1H3,(H2,11,14);(H,6,7). The molecule has 0 saturated carbocycles. The monoisotopic (exact) mass is 327 g/mol. The van der Waals surface area contributed by atoms with Gasteiger partial charge in [0.15, 0.2) is 0 Å². The zero-order chi connectivity index (χ0) is 16.4. The van der Waals surface area contributed by atoms with E-state index in [-0.39, 0.29) is 0 Å². The van der Waals surface area contributed by atoms with Crippen LogP contribution in [0.4, 0.5) is 13.2 Å². The Morgan fingerprint density at radius 2 is 1.95 bits per heavy atom. The minimum atomic E-state index is -5.08. The van der Waals surface area contributed by atoms with Gasteiger partial charge in [-0.3, -0.25) is 4.79 Å². The highest BCUT2D eigenvalue weighted by Crippen LogP contribution is 2.28. The quantitative estimate of drug-likeness (QED) is 0.724. The molecule has 0 aromatic carbocycles.